The fraction of sp³-hybridized carbons (Fsp3) is 0.556. The molecule has 1 saturated heterocycles. The molecule has 0 spiro atoms. The number of nitrogens with zero attached hydrogens (tertiary/aromatic N) is 1. The van der Waals surface area contributed by atoms with E-state index in [1.807, 2.05) is 19.1 Å². The fourth-order valence-electron chi connectivity index (χ4n) is 3.32. The van der Waals surface area contributed by atoms with Crippen LogP contribution >= 0.6 is 11.6 Å². The molecule has 1 aromatic carbocycles. The summed E-state index contributed by atoms with van der Waals surface area (Å²) in [5.74, 6) is -0.857. The highest BCUT2D eigenvalue weighted by molar-refractivity contribution is 6.30. The number of esters is 1. The predicted octanol–water partition coefficient (Wildman–Crippen LogP) is 2.95. The van der Waals surface area contributed by atoms with E-state index in [-0.39, 0.29) is 42.9 Å². The van der Waals surface area contributed by atoms with E-state index in [2.05, 4.69) is 0 Å². The molecule has 24 heavy (non-hydrogen) atoms. The van der Waals surface area contributed by atoms with E-state index >= 15 is 0 Å². The van der Waals surface area contributed by atoms with Crippen LogP contribution in [0.4, 0.5) is 0 Å². The van der Waals surface area contributed by atoms with Crippen LogP contribution in [0.25, 0.3) is 0 Å². The summed E-state index contributed by atoms with van der Waals surface area (Å²) in [6.07, 6.45) is 2.10. The monoisotopic (exact) mass is 353 g/mol. The average Bonchev–Trinajstić information content (AvgIpc) is 2.59. The number of ether oxygens (including phenoxy) is 1. The molecule has 0 saturated carbocycles. The standard InChI is InChI=1S/C18H24ClNO4/c1-3-15(11-21)20-16(12-4-7-14(19)8-5-12)9-6-13(18(20)23)10-17(22)24-2/h4-5,7-8,13,15-16,21H,3,6,9-11H2,1-2H3/t13-,15?,16?/m1/s1. The van der Waals surface area contributed by atoms with Crippen molar-refractivity contribution >= 4 is 23.5 Å². The normalized spacial score (nSPS) is 22.3. The lowest BCUT2D eigenvalue weighted by Crippen LogP contribution is -2.50. The number of benzene rings is 1. The van der Waals surface area contributed by atoms with Gasteiger partial charge in [-0.15, -0.1) is 0 Å². The summed E-state index contributed by atoms with van der Waals surface area (Å²) in [5, 5.41) is 10.4. The van der Waals surface area contributed by atoms with Crippen LogP contribution in [0, 0.1) is 5.92 Å². The Morgan fingerprint density at radius 2 is 2.04 bits per heavy atom. The van der Waals surface area contributed by atoms with Crippen molar-refractivity contribution in [2.24, 2.45) is 5.92 Å². The molecule has 1 N–H and O–H groups in total. The lowest BCUT2D eigenvalue weighted by atomic mass is 9.85. The van der Waals surface area contributed by atoms with Crippen molar-refractivity contribution in [1.29, 1.82) is 0 Å². The van der Waals surface area contributed by atoms with Gasteiger partial charge in [-0.1, -0.05) is 30.7 Å². The SMILES string of the molecule is CCC(CO)N1C(=O)[C@@H](CC(=O)OC)CCC1c1ccc(Cl)cc1. The lowest BCUT2D eigenvalue weighted by Gasteiger charge is -2.43. The molecule has 0 aromatic heterocycles. The summed E-state index contributed by atoms with van der Waals surface area (Å²) in [4.78, 5) is 26.3. The van der Waals surface area contributed by atoms with Crippen molar-refractivity contribution in [2.45, 2.75) is 44.7 Å². The number of aliphatic hydroxyl groups is 1. The fourth-order valence-corrected chi connectivity index (χ4v) is 3.45. The summed E-state index contributed by atoms with van der Waals surface area (Å²) in [6, 6.07) is 7.06. The van der Waals surface area contributed by atoms with Gasteiger partial charge < -0.3 is 14.7 Å². The number of carbonyl (C=O) groups is 2. The number of likely N-dealkylation sites (tertiary alicyclic amines) is 1. The van der Waals surface area contributed by atoms with Crippen molar-refractivity contribution < 1.29 is 19.4 Å². The average molecular weight is 354 g/mol. The minimum Gasteiger partial charge on any atom is -0.469 e. The Labute approximate surface area is 147 Å². The smallest absolute Gasteiger partial charge is 0.306 e. The maximum atomic E-state index is 13.0. The summed E-state index contributed by atoms with van der Waals surface area (Å²) >= 11 is 5.96. The van der Waals surface area contributed by atoms with Crippen LogP contribution in [0.5, 0.6) is 0 Å². The molecular formula is C18H24ClNO4. The van der Waals surface area contributed by atoms with E-state index in [1.165, 1.54) is 7.11 Å². The van der Waals surface area contributed by atoms with Gasteiger partial charge >= 0.3 is 5.97 Å². The van der Waals surface area contributed by atoms with Crippen molar-refractivity contribution in [3.63, 3.8) is 0 Å². The maximum Gasteiger partial charge on any atom is 0.306 e. The lowest BCUT2D eigenvalue weighted by molar-refractivity contribution is -0.153. The number of amides is 1. The third-order valence-electron chi connectivity index (χ3n) is 4.70. The Bertz CT molecular complexity index is 571. The van der Waals surface area contributed by atoms with E-state index in [9.17, 15) is 14.7 Å². The van der Waals surface area contributed by atoms with Crippen LogP contribution < -0.4 is 0 Å². The predicted molar refractivity (Wildman–Crippen MR) is 91.6 cm³/mol. The number of hydrogen-bond donors (Lipinski definition) is 1. The highest BCUT2D eigenvalue weighted by atomic mass is 35.5. The van der Waals surface area contributed by atoms with Crippen LogP contribution in [-0.2, 0) is 14.3 Å². The summed E-state index contributed by atoms with van der Waals surface area (Å²) < 4.78 is 4.70. The van der Waals surface area contributed by atoms with Gasteiger partial charge in [-0.05, 0) is 37.0 Å². The molecule has 1 aliphatic heterocycles. The molecule has 2 unspecified atom stereocenters. The van der Waals surface area contributed by atoms with E-state index in [0.717, 1.165) is 12.0 Å². The quantitative estimate of drug-likeness (QED) is 0.798. The molecule has 2 rings (SSSR count). The number of aliphatic hydroxyl groups excluding tert-OH is 1. The largest absolute Gasteiger partial charge is 0.469 e. The van der Waals surface area contributed by atoms with Crippen LogP contribution in [-0.4, -0.2) is 41.6 Å². The number of halogens is 1. The van der Waals surface area contributed by atoms with E-state index in [0.29, 0.717) is 17.9 Å². The first-order valence-electron chi connectivity index (χ1n) is 8.27. The maximum absolute atomic E-state index is 13.0. The zero-order valence-corrected chi connectivity index (χ0v) is 14.8. The first-order chi connectivity index (χ1) is 11.5. The van der Waals surface area contributed by atoms with Gasteiger partial charge in [-0.25, -0.2) is 0 Å². The molecule has 0 aliphatic carbocycles. The molecule has 1 aliphatic rings. The second-order valence-corrected chi connectivity index (χ2v) is 6.55. The number of rotatable bonds is 6. The second kappa shape index (κ2) is 8.49. The van der Waals surface area contributed by atoms with Crippen molar-refractivity contribution in [3.05, 3.63) is 34.9 Å². The van der Waals surface area contributed by atoms with Gasteiger partial charge in [0.1, 0.15) is 0 Å². The molecular weight excluding hydrogens is 330 g/mol. The van der Waals surface area contributed by atoms with Gasteiger partial charge in [0.05, 0.1) is 32.2 Å². The Morgan fingerprint density at radius 1 is 1.38 bits per heavy atom. The van der Waals surface area contributed by atoms with Crippen LogP contribution in [0.1, 0.15) is 44.2 Å². The molecule has 6 heteroatoms. The topological polar surface area (TPSA) is 66.8 Å². The molecule has 3 atom stereocenters. The number of methoxy groups -OCH3 is 1. The zero-order chi connectivity index (χ0) is 17.7. The van der Waals surface area contributed by atoms with Gasteiger partial charge in [0.25, 0.3) is 0 Å². The molecule has 1 aromatic rings. The van der Waals surface area contributed by atoms with Gasteiger partial charge in [0.15, 0.2) is 0 Å². The van der Waals surface area contributed by atoms with E-state index in [1.54, 1.807) is 17.0 Å². The summed E-state index contributed by atoms with van der Waals surface area (Å²) in [6.45, 7) is 1.84. The first kappa shape index (κ1) is 18.7. The van der Waals surface area contributed by atoms with Gasteiger partial charge in [0.2, 0.25) is 5.91 Å². The van der Waals surface area contributed by atoms with E-state index < -0.39 is 0 Å². The van der Waals surface area contributed by atoms with Gasteiger partial charge in [-0.3, -0.25) is 9.59 Å². The third kappa shape index (κ3) is 4.08. The molecule has 5 nitrogen and oxygen atoms in total. The molecule has 1 heterocycles. The second-order valence-electron chi connectivity index (χ2n) is 6.11. The highest BCUT2D eigenvalue weighted by Crippen LogP contribution is 2.37. The minimum absolute atomic E-state index is 0.0844. The van der Waals surface area contributed by atoms with Crippen LogP contribution in [0.15, 0.2) is 24.3 Å². The highest BCUT2D eigenvalue weighted by Gasteiger charge is 2.40. The first-order valence-corrected chi connectivity index (χ1v) is 8.64. The molecule has 0 bridgehead atoms. The van der Waals surface area contributed by atoms with Gasteiger partial charge in [0, 0.05) is 10.9 Å². The van der Waals surface area contributed by atoms with Crippen LogP contribution in [0.2, 0.25) is 5.02 Å². The van der Waals surface area contributed by atoms with Crippen LogP contribution in [0.3, 0.4) is 0 Å². The number of piperidine rings is 1. The Hall–Kier alpha value is -1.59. The Morgan fingerprint density at radius 3 is 2.58 bits per heavy atom. The van der Waals surface area contributed by atoms with Gasteiger partial charge in [-0.2, -0.15) is 0 Å². The molecule has 132 valence electrons. The molecule has 1 fully saturated rings. The Kier molecular flexibility index (Phi) is 6.63. The Balaban J connectivity index is 2.29. The summed E-state index contributed by atoms with van der Waals surface area (Å²) in [5.41, 5.74) is 0.996. The number of hydrogen-bond acceptors (Lipinski definition) is 4. The van der Waals surface area contributed by atoms with E-state index in [4.69, 9.17) is 16.3 Å². The third-order valence-corrected chi connectivity index (χ3v) is 4.95. The van der Waals surface area contributed by atoms with Crippen molar-refractivity contribution in [1.82, 2.24) is 4.90 Å². The number of carbonyl (C=O) groups excluding carboxylic acids is 2. The van der Waals surface area contributed by atoms with Crippen molar-refractivity contribution in [2.75, 3.05) is 13.7 Å². The zero-order valence-electron chi connectivity index (χ0n) is 14.1. The summed E-state index contributed by atoms with van der Waals surface area (Å²) in [7, 11) is 1.33. The molecule has 1 amide bonds. The van der Waals surface area contributed by atoms with Crippen molar-refractivity contribution in [3.8, 4) is 0 Å². The minimum atomic E-state index is -0.387. The molecule has 0 radical (unpaired) electrons.